The summed E-state index contributed by atoms with van der Waals surface area (Å²) < 4.78 is 45.7. The molecule has 1 aromatic heterocycles. The van der Waals surface area contributed by atoms with E-state index in [1.54, 1.807) is 18.7 Å². The lowest BCUT2D eigenvalue weighted by Gasteiger charge is -2.38. The lowest BCUT2D eigenvalue weighted by atomic mass is 9.91. The van der Waals surface area contributed by atoms with Gasteiger partial charge in [0.15, 0.2) is 0 Å². The highest BCUT2D eigenvalue weighted by atomic mass is 32.2. The molecule has 7 nitrogen and oxygen atoms in total. The summed E-state index contributed by atoms with van der Waals surface area (Å²) in [6.45, 7) is 1.98. The minimum atomic E-state index is -3.56. The van der Waals surface area contributed by atoms with Gasteiger partial charge in [-0.3, -0.25) is 0 Å². The molecule has 2 atom stereocenters. The highest BCUT2D eigenvalue weighted by Gasteiger charge is 2.41. The maximum atomic E-state index is 15.1. The predicted molar refractivity (Wildman–Crippen MR) is 135 cm³/mol. The monoisotopic (exact) mass is 499 g/mol. The summed E-state index contributed by atoms with van der Waals surface area (Å²) in [6, 6.07) is 5.66. The van der Waals surface area contributed by atoms with Crippen LogP contribution in [0.4, 0.5) is 10.1 Å². The fourth-order valence-corrected chi connectivity index (χ4v) is 7.85. The Balaban J connectivity index is 1.24. The summed E-state index contributed by atoms with van der Waals surface area (Å²) in [5.74, 6) is -0.366. The average Bonchev–Trinajstić information content (AvgIpc) is 3.39. The molecular weight excluding hydrogens is 465 g/mol. The van der Waals surface area contributed by atoms with Crippen LogP contribution in [0, 0.1) is 5.82 Å². The molecule has 5 rings (SSSR count). The third-order valence-corrected chi connectivity index (χ3v) is 10.1. The highest BCUT2D eigenvalue weighted by molar-refractivity contribution is 7.90. The van der Waals surface area contributed by atoms with Gasteiger partial charge in [-0.2, -0.15) is 4.31 Å². The number of anilines is 1. The molecule has 1 unspecified atom stereocenters. The Morgan fingerprint density at radius 1 is 1.06 bits per heavy atom. The second kappa shape index (κ2) is 10.2. The first-order chi connectivity index (χ1) is 16.9. The van der Waals surface area contributed by atoms with Crippen molar-refractivity contribution >= 4 is 15.7 Å². The number of hydrogen-bond donors (Lipinski definition) is 1. The molecule has 2 aromatic rings. The molecule has 3 aliphatic rings. The van der Waals surface area contributed by atoms with Crippen LogP contribution < -0.4 is 5.32 Å². The number of hydrogen-bond acceptors (Lipinski definition) is 5. The molecule has 0 spiro atoms. The first kappa shape index (κ1) is 24.2. The number of allylic oxidation sites excluding steroid dienone is 3. The zero-order valence-electron chi connectivity index (χ0n) is 20.2. The van der Waals surface area contributed by atoms with Gasteiger partial charge in [-0.05, 0) is 76.0 Å². The van der Waals surface area contributed by atoms with E-state index in [0.29, 0.717) is 18.0 Å². The van der Waals surface area contributed by atoms with E-state index in [0.717, 1.165) is 56.2 Å². The van der Waals surface area contributed by atoms with Crippen molar-refractivity contribution in [3.05, 3.63) is 66.0 Å². The number of nitrogens with one attached hydrogen (secondary N) is 1. The second-order valence-electron chi connectivity index (χ2n) is 10.1. The van der Waals surface area contributed by atoms with E-state index in [1.807, 2.05) is 31.2 Å². The largest absolute Gasteiger partial charge is 0.382 e. The smallest absolute Gasteiger partial charge is 0.221 e. The van der Waals surface area contributed by atoms with Gasteiger partial charge in [0.1, 0.15) is 23.7 Å². The number of sulfonamides is 1. The number of nitrogens with zero attached hydrogens (tertiary/aromatic N) is 4. The summed E-state index contributed by atoms with van der Waals surface area (Å²) in [7, 11) is -3.56. The Morgan fingerprint density at radius 2 is 1.83 bits per heavy atom. The van der Waals surface area contributed by atoms with Crippen LogP contribution in [0.3, 0.4) is 0 Å². The van der Waals surface area contributed by atoms with E-state index in [4.69, 9.17) is 0 Å². The average molecular weight is 500 g/mol. The van der Waals surface area contributed by atoms with Crippen LogP contribution in [0.5, 0.6) is 0 Å². The van der Waals surface area contributed by atoms with Gasteiger partial charge in [-0.1, -0.05) is 24.3 Å². The van der Waals surface area contributed by atoms with E-state index >= 15 is 4.39 Å². The van der Waals surface area contributed by atoms with Crippen molar-refractivity contribution in [3.8, 4) is 0 Å². The minimum absolute atomic E-state index is 0.0627. The number of benzene rings is 1. The first-order valence-electron chi connectivity index (χ1n) is 12.7. The molecule has 1 saturated heterocycles. The standard InChI is InChI=1S/C26H34FN5O2S/c1-19-7-14-26(20-5-3-2-4-6-20)35(33,34)32(19)16-21-8-9-23(15-25(21)27)30-22-10-12-24(13-11-22)31-17-28-29-18-31/h3,5-6,8-9,15,17-19,22,24,26,30H,2,4,7,10-14,16H2,1H3/t19-,22?,24?,26?/m0/s1. The van der Waals surface area contributed by atoms with Gasteiger partial charge in [0.2, 0.25) is 10.0 Å². The summed E-state index contributed by atoms with van der Waals surface area (Å²) >= 11 is 0. The van der Waals surface area contributed by atoms with Gasteiger partial charge in [0, 0.05) is 35.9 Å². The van der Waals surface area contributed by atoms with Crippen molar-refractivity contribution in [3.63, 3.8) is 0 Å². The summed E-state index contributed by atoms with van der Waals surface area (Å²) in [5, 5.41) is 10.7. The number of rotatable bonds is 6. The van der Waals surface area contributed by atoms with Crippen molar-refractivity contribution in [2.75, 3.05) is 5.32 Å². The van der Waals surface area contributed by atoms with E-state index in [2.05, 4.69) is 20.1 Å². The van der Waals surface area contributed by atoms with E-state index < -0.39 is 15.3 Å². The topological polar surface area (TPSA) is 80.1 Å². The van der Waals surface area contributed by atoms with Gasteiger partial charge >= 0.3 is 0 Å². The van der Waals surface area contributed by atoms with Gasteiger partial charge < -0.3 is 9.88 Å². The maximum Gasteiger partial charge on any atom is 0.221 e. The van der Waals surface area contributed by atoms with Crippen LogP contribution in [0.2, 0.25) is 0 Å². The van der Waals surface area contributed by atoms with E-state index in [1.165, 1.54) is 10.4 Å². The van der Waals surface area contributed by atoms with Crippen molar-refractivity contribution in [2.45, 2.75) is 88.2 Å². The summed E-state index contributed by atoms with van der Waals surface area (Å²) in [4.78, 5) is 0. The van der Waals surface area contributed by atoms with Crippen LogP contribution in [-0.4, -0.2) is 44.8 Å². The van der Waals surface area contributed by atoms with Gasteiger partial charge in [-0.25, -0.2) is 12.8 Å². The van der Waals surface area contributed by atoms with E-state index in [-0.39, 0.29) is 24.4 Å². The molecule has 35 heavy (non-hydrogen) atoms. The van der Waals surface area contributed by atoms with Crippen molar-refractivity contribution in [2.24, 2.45) is 0 Å². The van der Waals surface area contributed by atoms with Gasteiger partial charge in [0.25, 0.3) is 0 Å². The molecule has 188 valence electrons. The third-order valence-electron chi connectivity index (χ3n) is 7.73. The maximum absolute atomic E-state index is 15.1. The molecule has 1 aliphatic heterocycles. The molecule has 0 bridgehead atoms. The molecule has 0 amide bonds. The minimum Gasteiger partial charge on any atom is -0.382 e. The molecule has 2 fully saturated rings. The summed E-state index contributed by atoms with van der Waals surface area (Å²) in [5.41, 5.74) is 2.03. The highest BCUT2D eigenvalue weighted by Crippen LogP contribution is 2.35. The summed E-state index contributed by atoms with van der Waals surface area (Å²) in [6.07, 6.45) is 16.8. The molecule has 1 aromatic carbocycles. The Labute approximate surface area is 207 Å². The van der Waals surface area contributed by atoms with Crippen molar-refractivity contribution < 1.29 is 12.8 Å². The normalized spacial score (nSPS) is 29.0. The molecule has 9 heteroatoms. The fourth-order valence-electron chi connectivity index (χ4n) is 5.64. The second-order valence-corrected chi connectivity index (χ2v) is 12.1. The molecule has 2 aliphatic carbocycles. The molecular formula is C26H34FN5O2S. The molecule has 0 radical (unpaired) electrons. The molecule has 2 heterocycles. The van der Waals surface area contributed by atoms with Crippen molar-refractivity contribution in [1.29, 1.82) is 0 Å². The Kier molecular flexibility index (Phi) is 7.07. The quantitative estimate of drug-likeness (QED) is 0.607. The Hall–Kier alpha value is -2.52. The zero-order chi connectivity index (χ0) is 24.4. The first-order valence-corrected chi connectivity index (χ1v) is 14.2. The lowest BCUT2D eigenvalue weighted by molar-refractivity contribution is 0.284. The molecule has 1 saturated carbocycles. The Bertz CT molecular complexity index is 1190. The SMILES string of the molecule is C[C@H]1CCC(C2=CCCC=C2)S(=O)(=O)N1Cc1ccc(NC2CCC(n3cnnc3)CC2)cc1F. The van der Waals surface area contributed by atoms with Crippen LogP contribution in [0.15, 0.2) is 54.7 Å². The lowest BCUT2D eigenvalue weighted by Crippen LogP contribution is -2.48. The van der Waals surface area contributed by atoms with Gasteiger partial charge in [-0.15, -0.1) is 10.2 Å². The number of halogens is 1. The van der Waals surface area contributed by atoms with Crippen molar-refractivity contribution in [1.82, 2.24) is 19.1 Å². The van der Waals surface area contributed by atoms with Crippen LogP contribution >= 0.6 is 0 Å². The van der Waals surface area contributed by atoms with Crippen LogP contribution in [0.25, 0.3) is 0 Å². The number of aromatic nitrogens is 3. The Morgan fingerprint density at radius 3 is 2.51 bits per heavy atom. The van der Waals surface area contributed by atoms with E-state index in [9.17, 15) is 8.42 Å². The van der Waals surface area contributed by atoms with Crippen LogP contribution in [-0.2, 0) is 16.6 Å². The van der Waals surface area contributed by atoms with Crippen LogP contribution in [0.1, 0.15) is 69.9 Å². The third kappa shape index (κ3) is 5.21. The zero-order valence-corrected chi connectivity index (χ0v) is 21.0. The predicted octanol–water partition coefficient (Wildman–Crippen LogP) is 4.97. The fraction of sp³-hybridized carbons (Fsp3) is 0.538. The molecule has 1 N–H and O–H groups in total. The van der Waals surface area contributed by atoms with Gasteiger partial charge in [0.05, 0.1) is 0 Å².